The zero-order chi connectivity index (χ0) is 27.5. The summed E-state index contributed by atoms with van der Waals surface area (Å²) in [4.78, 5) is 24.0. The van der Waals surface area contributed by atoms with Gasteiger partial charge in [-0.25, -0.2) is 0 Å². The average Bonchev–Trinajstić information content (AvgIpc) is 2.90. The molecule has 2 aromatic rings. The molecule has 2 aromatic carbocycles. The third kappa shape index (κ3) is 16.2. The number of hydrogen-bond donors (Lipinski definition) is 0. The normalized spacial score (nSPS) is 11.4. The van der Waals surface area contributed by atoms with E-state index < -0.39 is 10.1 Å². The Labute approximate surface area is 228 Å². The predicted octanol–water partition coefficient (Wildman–Crippen LogP) is 6.36. The second-order valence-electron chi connectivity index (χ2n) is 9.67. The van der Waals surface area contributed by atoms with Crippen molar-refractivity contribution in [3.05, 3.63) is 71.8 Å². The molecule has 38 heavy (non-hydrogen) atoms. The summed E-state index contributed by atoms with van der Waals surface area (Å²) in [5.74, 6) is -0.0321. The lowest BCUT2D eigenvalue weighted by molar-refractivity contribution is -0.146. The minimum atomic E-state index is -3.45. The van der Waals surface area contributed by atoms with Gasteiger partial charge >= 0.3 is 11.9 Å². The molecular weight excluding hydrogens is 504 g/mol. The predicted molar refractivity (Wildman–Crippen MR) is 148 cm³/mol. The summed E-state index contributed by atoms with van der Waals surface area (Å²) < 4.78 is 38.2. The minimum absolute atomic E-state index is 0.182. The molecule has 0 atom stereocenters. The number of carbonyl (C=O) groups is 2. The van der Waals surface area contributed by atoms with Gasteiger partial charge in [0.05, 0.1) is 12.9 Å². The first-order valence-electron chi connectivity index (χ1n) is 13.6. The highest BCUT2D eigenvalue weighted by Crippen LogP contribution is 2.22. The molecule has 0 spiro atoms. The van der Waals surface area contributed by atoms with Gasteiger partial charge in [0.25, 0.3) is 10.1 Å². The van der Waals surface area contributed by atoms with E-state index in [9.17, 15) is 18.0 Å². The van der Waals surface area contributed by atoms with Crippen molar-refractivity contribution in [1.29, 1.82) is 0 Å². The Kier molecular flexibility index (Phi) is 15.4. The van der Waals surface area contributed by atoms with Crippen LogP contribution in [0, 0.1) is 5.92 Å². The zero-order valence-corrected chi connectivity index (χ0v) is 23.3. The second kappa shape index (κ2) is 18.5. The van der Waals surface area contributed by atoms with Crippen LogP contribution in [0.1, 0.15) is 81.8 Å². The molecule has 0 saturated carbocycles. The van der Waals surface area contributed by atoms with Crippen LogP contribution in [0.2, 0.25) is 0 Å². The zero-order valence-electron chi connectivity index (χ0n) is 22.5. The third-order valence-electron chi connectivity index (χ3n) is 6.30. The Morgan fingerprint density at radius 1 is 0.658 bits per heavy atom. The smallest absolute Gasteiger partial charge is 0.306 e. The lowest BCUT2D eigenvalue weighted by Crippen LogP contribution is -2.10. The summed E-state index contributed by atoms with van der Waals surface area (Å²) in [5.41, 5.74) is 1.95. The molecule has 0 bridgehead atoms. The highest BCUT2D eigenvalue weighted by atomic mass is 32.2. The fourth-order valence-electron chi connectivity index (χ4n) is 4.18. The Bertz CT molecular complexity index is 958. The Morgan fingerprint density at radius 2 is 1.11 bits per heavy atom. The molecule has 0 heterocycles. The number of unbranched alkanes of at least 4 members (excludes halogenated alkanes) is 4. The Balaban J connectivity index is 1.59. The van der Waals surface area contributed by atoms with Gasteiger partial charge in [-0.05, 0) is 36.3 Å². The van der Waals surface area contributed by atoms with E-state index in [1.165, 1.54) is 0 Å². The molecule has 8 heteroatoms. The molecule has 2 rings (SSSR count). The molecule has 0 fully saturated rings. The highest BCUT2D eigenvalue weighted by molar-refractivity contribution is 7.85. The van der Waals surface area contributed by atoms with E-state index >= 15 is 0 Å². The van der Waals surface area contributed by atoms with Crippen molar-refractivity contribution < 1.29 is 31.7 Å². The number of hydrogen-bond acceptors (Lipinski definition) is 7. The van der Waals surface area contributed by atoms with Crippen molar-refractivity contribution in [2.75, 3.05) is 12.9 Å². The van der Waals surface area contributed by atoms with E-state index in [0.717, 1.165) is 68.7 Å². The molecule has 0 radical (unpaired) electrons. The van der Waals surface area contributed by atoms with Crippen LogP contribution in [0.5, 0.6) is 0 Å². The van der Waals surface area contributed by atoms with Crippen molar-refractivity contribution in [3.63, 3.8) is 0 Å². The standard InChI is InChI=1S/C30H42O7S/c1-38(33,34)37-23-22-26(14-6-4-12-20-29(31)35-24-27-16-8-2-9-17-27)15-7-5-13-21-30(32)36-25-28-18-10-3-11-19-28/h2-3,8-11,16-19,26H,4-7,12-15,20-25H2,1H3. The van der Waals surface area contributed by atoms with Gasteiger partial charge in [0, 0.05) is 12.8 Å². The van der Waals surface area contributed by atoms with Gasteiger partial charge < -0.3 is 9.47 Å². The molecule has 0 unspecified atom stereocenters. The van der Waals surface area contributed by atoms with Crippen LogP contribution in [0.3, 0.4) is 0 Å². The van der Waals surface area contributed by atoms with Gasteiger partial charge in [-0.1, -0.05) is 99.2 Å². The monoisotopic (exact) mass is 546 g/mol. The first kappa shape index (κ1) is 31.5. The van der Waals surface area contributed by atoms with E-state index in [1.807, 2.05) is 60.7 Å². The van der Waals surface area contributed by atoms with E-state index in [4.69, 9.17) is 13.7 Å². The van der Waals surface area contributed by atoms with Crippen LogP contribution in [0.15, 0.2) is 60.7 Å². The maximum Gasteiger partial charge on any atom is 0.306 e. The lowest BCUT2D eigenvalue weighted by atomic mass is 9.92. The average molecular weight is 547 g/mol. The van der Waals surface area contributed by atoms with E-state index in [0.29, 0.717) is 38.4 Å². The molecule has 0 aliphatic rings. The van der Waals surface area contributed by atoms with E-state index in [1.54, 1.807) is 0 Å². The van der Waals surface area contributed by atoms with Gasteiger partial charge in [-0.3, -0.25) is 13.8 Å². The molecule has 0 aliphatic heterocycles. The van der Waals surface area contributed by atoms with Crippen molar-refractivity contribution in [1.82, 2.24) is 0 Å². The Morgan fingerprint density at radius 3 is 1.53 bits per heavy atom. The van der Waals surface area contributed by atoms with Crippen LogP contribution < -0.4 is 0 Å². The van der Waals surface area contributed by atoms with E-state index in [-0.39, 0.29) is 18.5 Å². The van der Waals surface area contributed by atoms with Crippen molar-refractivity contribution in [2.24, 2.45) is 5.92 Å². The fourth-order valence-corrected chi connectivity index (χ4v) is 4.58. The molecule has 0 N–H and O–H groups in total. The van der Waals surface area contributed by atoms with Crippen LogP contribution in [0.4, 0.5) is 0 Å². The summed E-state index contributed by atoms with van der Waals surface area (Å²) in [6, 6.07) is 19.2. The van der Waals surface area contributed by atoms with Crippen LogP contribution in [0.25, 0.3) is 0 Å². The largest absolute Gasteiger partial charge is 0.461 e. The molecule has 0 amide bonds. The number of carbonyl (C=O) groups excluding carboxylic acids is 2. The minimum Gasteiger partial charge on any atom is -0.461 e. The number of benzene rings is 2. The molecule has 0 aromatic heterocycles. The third-order valence-corrected chi connectivity index (χ3v) is 6.89. The summed E-state index contributed by atoms with van der Waals surface area (Å²) in [6.07, 6.45) is 9.72. The summed E-state index contributed by atoms with van der Waals surface area (Å²) in [6.45, 7) is 0.779. The molecule has 7 nitrogen and oxygen atoms in total. The van der Waals surface area contributed by atoms with Crippen molar-refractivity contribution in [3.8, 4) is 0 Å². The highest BCUT2D eigenvalue weighted by Gasteiger charge is 2.12. The topological polar surface area (TPSA) is 96.0 Å². The fraction of sp³-hybridized carbons (Fsp3) is 0.533. The summed E-state index contributed by atoms with van der Waals surface area (Å²) in [7, 11) is -3.45. The van der Waals surface area contributed by atoms with E-state index in [2.05, 4.69) is 0 Å². The van der Waals surface area contributed by atoms with Gasteiger partial charge in [0.1, 0.15) is 13.2 Å². The first-order valence-corrected chi connectivity index (χ1v) is 15.4. The number of rotatable bonds is 20. The molecule has 0 saturated heterocycles. The quantitative estimate of drug-likeness (QED) is 0.108. The lowest BCUT2D eigenvalue weighted by Gasteiger charge is -2.16. The number of esters is 2. The second-order valence-corrected chi connectivity index (χ2v) is 11.3. The van der Waals surface area contributed by atoms with Gasteiger partial charge in [-0.15, -0.1) is 0 Å². The van der Waals surface area contributed by atoms with Gasteiger partial charge in [0.2, 0.25) is 0 Å². The maximum absolute atomic E-state index is 12.0. The first-order chi connectivity index (χ1) is 18.3. The summed E-state index contributed by atoms with van der Waals surface area (Å²) in [5, 5.41) is 0. The van der Waals surface area contributed by atoms with Crippen LogP contribution >= 0.6 is 0 Å². The Hall–Kier alpha value is -2.71. The van der Waals surface area contributed by atoms with Crippen molar-refractivity contribution in [2.45, 2.75) is 83.8 Å². The number of ether oxygens (including phenoxy) is 2. The summed E-state index contributed by atoms with van der Waals surface area (Å²) >= 11 is 0. The molecule has 210 valence electrons. The SMILES string of the molecule is CS(=O)(=O)OCCC(CCCCCC(=O)OCc1ccccc1)CCCCCC(=O)OCc1ccccc1. The molecular formula is C30H42O7S. The van der Waals surface area contributed by atoms with Crippen LogP contribution in [-0.4, -0.2) is 33.2 Å². The van der Waals surface area contributed by atoms with Crippen molar-refractivity contribution >= 4 is 22.1 Å². The maximum atomic E-state index is 12.0. The van der Waals surface area contributed by atoms with Crippen LogP contribution in [-0.2, 0) is 46.6 Å². The van der Waals surface area contributed by atoms with Gasteiger partial charge in [0.15, 0.2) is 0 Å². The molecule has 0 aliphatic carbocycles. The van der Waals surface area contributed by atoms with Gasteiger partial charge in [-0.2, -0.15) is 8.42 Å².